The molecule has 0 aliphatic carbocycles. The molecule has 0 aliphatic rings. The van der Waals surface area contributed by atoms with Crippen molar-refractivity contribution in [1.29, 1.82) is 0 Å². The number of carbonyl (C=O) groups is 1. The molecule has 11 heavy (non-hydrogen) atoms. The normalized spacial score (nSPS) is 11.4. The van der Waals surface area contributed by atoms with E-state index in [0.717, 1.165) is 6.42 Å². The Morgan fingerprint density at radius 2 is 2.18 bits per heavy atom. The maximum atomic E-state index is 10.9. The molecule has 0 spiro atoms. The molecule has 0 heterocycles. The molecule has 0 amide bonds. The summed E-state index contributed by atoms with van der Waals surface area (Å²) in [4.78, 5) is 10.9. The summed E-state index contributed by atoms with van der Waals surface area (Å²) in [5, 5.41) is 0. The van der Waals surface area contributed by atoms with E-state index in [4.69, 9.17) is 24.6 Å². The van der Waals surface area contributed by atoms with Crippen molar-refractivity contribution in [2.24, 2.45) is 5.73 Å². The van der Waals surface area contributed by atoms with Gasteiger partial charge in [-0.1, -0.05) is 0 Å². The van der Waals surface area contributed by atoms with E-state index in [1.54, 1.807) is 0 Å². The zero-order valence-electron chi connectivity index (χ0n) is 5.89. The number of hydrogen-bond acceptors (Lipinski definition) is 3. The van der Waals surface area contributed by atoms with Gasteiger partial charge >= 0.3 is 80.4 Å². The first kappa shape index (κ1) is 11.9. The summed E-state index contributed by atoms with van der Waals surface area (Å²) < 4.78 is 2.75. The molecule has 0 aromatic rings. The van der Waals surface area contributed by atoms with Crippen molar-refractivity contribution in [1.82, 2.24) is 3.88 Å². The average Bonchev–Trinajstić information content (AvgIpc) is 1.97. The maximum absolute atomic E-state index is 10.9. The minimum atomic E-state index is -1.97. The minimum absolute atomic E-state index is 0.124. The van der Waals surface area contributed by atoms with Crippen LogP contribution in [0.25, 0.3) is 0 Å². The number of halogens is 2. The molecule has 3 nitrogen and oxygen atoms in total. The standard InChI is InChI=1S/C5H11N2O.2ClH.Pt/c6-3-1-2-5(8)4-7;;;/h7H,1-4,6H2;2*1H;/q-1;;;+3/p-2. The molecule has 0 atom stereocenters. The molecule has 0 bridgehead atoms. The van der Waals surface area contributed by atoms with E-state index in [2.05, 4.69) is 3.88 Å². The van der Waals surface area contributed by atoms with Gasteiger partial charge in [0.05, 0.1) is 0 Å². The fourth-order valence-corrected chi connectivity index (χ4v) is 1.94. The van der Waals surface area contributed by atoms with Gasteiger partial charge in [0, 0.05) is 0 Å². The molecule has 0 aliphatic heterocycles. The van der Waals surface area contributed by atoms with Crippen LogP contribution >= 0.6 is 18.8 Å². The number of ketones is 1. The van der Waals surface area contributed by atoms with Crippen LogP contribution in [0.4, 0.5) is 0 Å². The Morgan fingerprint density at radius 1 is 1.55 bits per heavy atom. The van der Waals surface area contributed by atoms with E-state index in [0.29, 0.717) is 13.0 Å². The van der Waals surface area contributed by atoms with Crippen molar-refractivity contribution in [3.05, 3.63) is 0 Å². The van der Waals surface area contributed by atoms with E-state index in [9.17, 15) is 4.79 Å². The van der Waals surface area contributed by atoms with Crippen molar-refractivity contribution in [3.63, 3.8) is 0 Å². The van der Waals surface area contributed by atoms with E-state index in [1.807, 2.05) is 0 Å². The monoisotopic (exact) mass is 380 g/mol. The van der Waals surface area contributed by atoms with Crippen LogP contribution in [-0.4, -0.2) is 18.9 Å². The van der Waals surface area contributed by atoms with Gasteiger partial charge in [0.15, 0.2) is 0 Å². The second kappa shape index (κ2) is 7.50. The number of Topliss-reactive ketones (excluding diaryl/α,β-unsaturated/α-hetero) is 1. The quantitative estimate of drug-likeness (QED) is 0.714. The van der Waals surface area contributed by atoms with E-state index in [-0.39, 0.29) is 12.3 Å². The van der Waals surface area contributed by atoms with Crippen LogP contribution in [-0.2, 0) is 20.3 Å². The summed E-state index contributed by atoms with van der Waals surface area (Å²) in [5.74, 6) is 0.124. The van der Waals surface area contributed by atoms with Crippen LogP contribution in [0, 0.1) is 0 Å². The van der Waals surface area contributed by atoms with Gasteiger partial charge in [-0.3, -0.25) is 0 Å². The molecule has 0 saturated heterocycles. The van der Waals surface area contributed by atoms with Crippen LogP contribution in [0.5, 0.6) is 0 Å². The summed E-state index contributed by atoms with van der Waals surface area (Å²) in [6, 6.07) is 0. The fourth-order valence-electron chi connectivity index (χ4n) is 0.492. The molecule has 0 aromatic heterocycles. The van der Waals surface area contributed by atoms with Gasteiger partial charge in [0.2, 0.25) is 0 Å². The van der Waals surface area contributed by atoms with Crippen LogP contribution in [0.3, 0.4) is 0 Å². The molecule has 0 rings (SSSR count). The molecule has 0 unspecified atom stereocenters. The van der Waals surface area contributed by atoms with Crippen molar-refractivity contribution in [3.8, 4) is 0 Å². The number of nitrogens with one attached hydrogen (secondary N) is 1. The molecular weight excluding hydrogens is 370 g/mol. The SMILES string of the molecule is NCCCC(=O)C[NH][Pt]([Cl])[Cl]. The fraction of sp³-hybridized carbons (Fsp3) is 0.800. The molecule has 0 fully saturated rings. The van der Waals surface area contributed by atoms with Gasteiger partial charge in [0.25, 0.3) is 0 Å². The number of hydrogen-bond donors (Lipinski definition) is 2. The third kappa shape index (κ3) is 8.77. The molecule has 0 saturated carbocycles. The first-order chi connectivity index (χ1) is 5.16. The Kier molecular flexibility index (Phi) is 8.09. The summed E-state index contributed by atoms with van der Waals surface area (Å²) >= 11 is -1.97. The van der Waals surface area contributed by atoms with Gasteiger partial charge in [-0.2, -0.15) is 0 Å². The molecular formula is C5H11Cl2N2OPt. The Hall–Kier alpha value is 0.858. The first-order valence-electron chi connectivity index (χ1n) is 3.07. The molecule has 71 valence electrons. The van der Waals surface area contributed by atoms with Gasteiger partial charge in [0.1, 0.15) is 0 Å². The van der Waals surface area contributed by atoms with Crippen LogP contribution in [0.1, 0.15) is 12.8 Å². The number of rotatable bonds is 6. The van der Waals surface area contributed by atoms with Gasteiger partial charge in [-0.25, -0.2) is 0 Å². The summed E-state index contributed by atoms with van der Waals surface area (Å²) in [6.07, 6.45) is 1.25. The van der Waals surface area contributed by atoms with Gasteiger partial charge < -0.3 is 0 Å². The Balaban J connectivity index is 3.23. The summed E-state index contributed by atoms with van der Waals surface area (Å²) in [6.45, 7) is 0.841. The predicted molar refractivity (Wildman–Crippen MR) is 43.0 cm³/mol. The summed E-state index contributed by atoms with van der Waals surface area (Å²) in [7, 11) is 11.0. The zero-order valence-corrected chi connectivity index (χ0v) is 9.67. The van der Waals surface area contributed by atoms with Crippen molar-refractivity contribution >= 4 is 24.6 Å². The number of carbonyl (C=O) groups excluding carboxylic acids is 1. The van der Waals surface area contributed by atoms with E-state index < -0.39 is 15.5 Å². The topological polar surface area (TPSA) is 55.1 Å². The van der Waals surface area contributed by atoms with Crippen LogP contribution in [0.2, 0.25) is 0 Å². The first-order valence-corrected chi connectivity index (χ1v) is 9.84. The van der Waals surface area contributed by atoms with Crippen LogP contribution < -0.4 is 9.61 Å². The van der Waals surface area contributed by atoms with Gasteiger partial charge in [-0.15, -0.1) is 0 Å². The van der Waals surface area contributed by atoms with Crippen molar-refractivity contribution in [2.45, 2.75) is 12.8 Å². The molecule has 6 heteroatoms. The summed E-state index contributed by atoms with van der Waals surface area (Å²) in [5.41, 5.74) is 5.22. The second-order valence-electron chi connectivity index (χ2n) is 1.88. The number of nitrogens with two attached hydrogens (primary N) is 1. The molecule has 0 aromatic carbocycles. The Morgan fingerprint density at radius 3 is 2.64 bits per heavy atom. The van der Waals surface area contributed by atoms with Crippen molar-refractivity contribution in [2.75, 3.05) is 13.1 Å². The van der Waals surface area contributed by atoms with E-state index in [1.165, 1.54) is 0 Å². The zero-order chi connectivity index (χ0) is 8.69. The molecule has 0 radical (unpaired) electrons. The van der Waals surface area contributed by atoms with Crippen molar-refractivity contribution < 1.29 is 20.3 Å². The Labute approximate surface area is 80.3 Å². The third-order valence-electron chi connectivity index (χ3n) is 0.997. The Bertz CT molecular complexity index is 123. The average molecular weight is 381 g/mol. The van der Waals surface area contributed by atoms with E-state index >= 15 is 0 Å². The molecule has 3 N–H and O–H groups in total. The predicted octanol–water partition coefficient (Wildman–Crippen LogP) is 0.725. The third-order valence-corrected chi connectivity index (χ3v) is 3.39. The second-order valence-corrected chi connectivity index (χ2v) is 8.79. The van der Waals surface area contributed by atoms with Crippen LogP contribution in [0.15, 0.2) is 0 Å². The van der Waals surface area contributed by atoms with Gasteiger partial charge in [-0.05, 0) is 0 Å².